The van der Waals surface area contributed by atoms with E-state index in [9.17, 15) is 4.79 Å². The summed E-state index contributed by atoms with van der Waals surface area (Å²) in [4.78, 5) is 10.9. The summed E-state index contributed by atoms with van der Waals surface area (Å²) in [5.74, 6) is -0.277. The third-order valence-electron chi connectivity index (χ3n) is 1.69. The predicted molar refractivity (Wildman–Crippen MR) is 55.5 cm³/mol. The molecule has 1 aromatic heterocycles. The zero-order valence-electron chi connectivity index (χ0n) is 7.76. The van der Waals surface area contributed by atoms with E-state index in [1.807, 2.05) is 6.92 Å². The molecule has 0 atom stereocenters. The van der Waals surface area contributed by atoms with E-state index in [-0.39, 0.29) is 11.8 Å². The van der Waals surface area contributed by atoms with Crippen molar-refractivity contribution in [2.75, 3.05) is 5.88 Å². The number of rotatable bonds is 4. The summed E-state index contributed by atoms with van der Waals surface area (Å²) in [6, 6.07) is 0. The SMILES string of the molecule is CCn1cc(Cl)c(CNC(=O)CCl)n1. The molecule has 1 rings (SSSR count). The molecular weight excluding hydrogens is 225 g/mol. The third kappa shape index (κ3) is 2.89. The summed E-state index contributed by atoms with van der Waals surface area (Å²) in [5, 5.41) is 7.31. The van der Waals surface area contributed by atoms with Gasteiger partial charge < -0.3 is 5.32 Å². The molecule has 0 aliphatic heterocycles. The monoisotopic (exact) mass is 235 g/mol. The zero-order valence-corrected chi connectivity index (χ0v) is 9.27. The van der Waals surface area contributed by atoms with Crippen molar-refractivity contribution >= 4 is 29.1 Å². The van der Waals surface area contributed by atoms with Crippen molar-refractivity contribution in [3.05, 3.63) is 16.9 Å². The molecule has 1 aromatic rings. The van der Waals surface area contributed by atoms with E-state index in [4.69, 9.17) is 23.2 Å². The fourth-order valence-electron chi connectivity index (χ4n) is 0.948. The lowest BCUT2D eigenvalue weighted by atomic mass is 10.4. The number of carbonyl (C=O) groups is 1. The Labute approximate surface area is 92.2 Å². The zero-order chi connectivity index (χ0) is 10.6. The average molecular weight is 236 g/mol. The lowest BCUT2D eigenvalue weighted by Crippen LogP contribution is -2.24. The Kier molecular flexibility index (Phi) is 4.22. The molecule has 0 radical (unpaired) electrons. The van der Waals surface area contributed by atoms with Crippen molar-refractivity contribution in [3.63, 3.8) is 0 Å². The van der Waals surface area contributed by atoms with Gasteiger partial charge in [0.05, 0.1) is 11.6 Å². The Morgan fingerprint density at radius 3 is 2.93 bits per heavy atom. The standard InChI is InChI=1S/C8H11Cl2N3O/c1-2-13-5-6(10)7(12-13)4-11-8(14)3-9/h5H,2-4H2,1H3,(H,11,14). The number of hydrogen-bond donors (Lipinski definition) is 1. The van der Waals surface area contributed by atoms with Crippen LogP contribution in [0, 0.1) is 0 Å². The molecule has 6 heteroatoms. The highest BCUT2D eigenvalue weighted by molar-refractivity contribution is 6.31. The number of nitrogens with zero attached hydrogens (tertiary/aromatic N) is 2. The molecule has 0 fully saturated rings. The normalized spacial score (nSPS) is 10.2. The molecule has 14 heavy (non-hydrogen) atoms. The van der Waals surface area contributed by atoms with E-state index in [0.717, 1.165) is 6.54 Å². The van der Waals surface area contributed by atoms with Crippen LogP contribution in [0.2, 0.25) is 5.02 Å². The van der Waals surface area contributed by atoms with Crippen molar-refractivity contribution in [1.29, 1.82) is 0 Å². The molecule has 0 aliphatic rings. The molecule has 0 unspecified atom stereocenters. The van der Waals surface area contributed by atoms with Crippen LogP contribution in [0.1, 0.15) is 12.6 Å². The summed E-state index contributed by atoms with van der Waals surface area (Å²) in [6.07, 6.45) is 1.73. The largest absolute Gasteiger partial charge is 0.349 e. The molecule has 78 valence electrons. The van der Waals surface area contributed by atoms with Crippen LogP contribution in [0.5, 0.6) is 0 Å². The molecule has 1 amide bonds. The van der Waals surface area contributed by atoms with E-state index < -0.39 is 0 Å². The highest BCUT2D eigenvalue weighted by Crippen LogP contribution is 2.13. The topological polar surface area (TPSA) is 46.9 Å². The predicted octanol–water partition coefficient (Wildman–Crippen LogP) is 1.41. The molecule has 0 aliphatic carbocycles. The van der Waals surface area contributed by atoms with Crippen LogP contribution in [0.4, 0.5) is 0 Å². The van der Waals surface area contributed by atoms with Crippen molar-refractivity contribution in [2.45, 2.75) is 20.0 Å². The van der Waals surface area contributed by atoms with E-state index in [1.54, 1.807) is 10.9 Å². The second-order valence-corrected chi connectivity index (χ2v) is 3.36. The number of hydrogen-bond acceptors (Lipinski definition) is 2. The van der Waals surface area contributed by atoms with Gasteiger partial charge in [-0.2, -0.15) is 5.10 Å². The molecule has 4 nitrogen and oxygen atoms in total. The average Bonchev–Trinajstić information content (AvgIpc) is 2.55. The van der Waals surface area contributed by atoms with Gasteiger partial charge >= 0.3 is 0 Å². The van der Waals surface area contributed by atoms with E-state index in [1.165, 1.54) is 0 Å². The van der Waals surface area contributed by atoms with Gasteiger partial charge in [0, 0.05) is 12.7 Å². The van der Waals surface area contributed by atoms with Crippen LogP contribution in [-0.2, 0) is 17.9 Å². The van der Waals surface area contributed by atoms with Crippen LogP contribution in [0.25, 0.3) is 0 Å². The smallest absolute Gasteiger partial charge is 0.235 e. The van der Waals surface area contributed by atoms with E-state index in [0.29, 0.717) is 17.3 Å². The first-order valence-electron chi connectivity index (χ1n) is 4.21. The van der Waals surface area contributed by atoms with Gasteiger partial charge in [-0.1, -0.05) is 11.6 Å². The summed E-state index contributed by atoms with van der Waals surface area (Å²) >= 11 is 11.2. The fraction of sp³-hybridized carbons (Fsp3) is 0.500. The Morgan fingerprint density at radius 1 is 1.71 bits per heavy atom. The van der Waals surface area contributed by atoms with Crippen LogP contribution in [0.15, 0.2) is 6.20 Å². The first kappa shape index (κ1) is 11.3. The van der Waals surface area contributed by atoms with Crippen LogP contribution >= 0.6 is 23.2 Å². The number of carbonyl (C=O) groups excluding carboxylic acids is 1. The number of aryl methyl sites for hydroxylation is 1. The second-order valence-electron chi connectivity index (χ2n) is 2.69. The maximum absolute atomic E-state index is 10.9. The van der Waals surface area contributed by atoms with Crippen molar-refractivity contribution in [1.82, 2.24) is 15.1 Å². The molecule has 0 aromatic carbocycles. The van der Waals surface area contributed by atoms with Crippen molar-refractivity contribution < 1.29 is 4.79 Å². The Morgan fingerprint density at radius 2 is 2.43 bits per heavy atom. The number of aromatic nitrogens is 2. The quantitative estimate of drug-likeness (QED) is 0.803. The van der Waals surface area contributed by atoms with Gasteiger partial charge in [-0.3, -0.25) is 9.48 Å². The van der Waals surface area contributed by atoms with Gasteiger partial charge in [0.25, 0.3) is 0 Å². The van der Waals surface area contributed by atoms with Gasteiger partial charge in [0.1, 0.15) is 11.6 Å². The summed E-state index contributed by atoms with van der Waals surface area (Å²) in [7, 11) is 0. The molecule has 1 N–H and O–H groups in total. The Balaban J connectivity index is 2.58. The molecule has 1 heterocycles. The molecule has 0 spiro atoms. The second kappa shape index (κ2) is 5.22. The highest BCUT2D eigenvalue weighted by atomic mass is 35.5. The number of amides is 1. The van der Waals surface area contributed by atoms with E-state index >= 15 is 0 Å². The van der Waals surface area contributed by atoms with Crippen molar-refractivity contribution in [2.24, 2.45) is 0 Å². The van der Waals surface area contributed by atoms with Crippen LogP contribution in [-0.4, -0.2) is 21.6 Å². The van der Waals surface area contributed by atoms with Crippen LogP contribution < -0.4 is 5.32 Å². The number of halogens is 2. The van der Waals surface area contributed by atoms with Gasteiger partial charge in [-0.05, 0) is 6.92 Å². The van der Waals surface area contributed by atoms with Crippen molar-refractivity contribution in [3.8, 4) is 0 Å². The Hall–Kier alpha value is -0.740. The maximum atomic E-state index is 10.9. The van der Waals surface area contributed by atoms with Crippen LogP contribution in [0.3, 0.4) is 0 Å². The number of alkyl halides is 1. The Bertz CT molecular complexity index is 324. The third-order valence-corrected chi connectivity index (χ3v) is 2.24. The lowest BCUT2D eigenvalue weighted by molar-refractivity contribution is -0.118. The molecule has 0 bridgehead atoms. The molecule has 0 saturated heterocycles. The lowest BCUT2D eigenvalue weighted by Gasteiger charge is -1.99. The fourth-order valence-corrected chi connectivity index (χ4v) is 1.26. The maximum Gasteiger partial charge on any atom is 0.235 e. The van der Waals surface area contributed by atoms with Gasteiger partial charge in [-0.15, -0.1) is 11.6 Å². The minimum Gasteiger partial charge on any atom is -0.349 e. The van der Waals surface area contributed by atoms with Gasteiger partial charge in [0.15, 0.2) is 0 Å². The number of nitrogens with one attached hydrogen (secondary N) is 1. The minimum atomic E-state index is -0.228. The summed E-state index contributed by atoms with van der Waals surface area (Å²) in [5.41, 5.74) is 0.659. The van der Waals surface area contributed by atoms with E-state index in [2.05, 4.69) is 10.4 Å². The summed E-state index contributed by atoms with van der Waals surface area (Å²) < 4.78 is 1.71. The molecule has 0 saturated carbocycles. The minimum absolute atomic E-state index is 0.0495. The van der Waals surface area contributed by atoms with Gasteiger partial charge in [0.2, 0.25) is 5.91 Å². The molecular formula is C8H11Cl2N3O. The first-order chi connectivity index (χ1) is 6.67. The highest BCUT2D eigenvalue weighted by Gasteiger charge is 2.07. The first-order valence-corrected chi connectivity index (χ1v) is 5.13. The summed E-state index contributed by atoms with van der Waals surface area (Å²) in [6.45, 7) is 3.03. The van der Waals surface area contributed by atoms with Gasteiger partial charge in [-0.25, -0.2) is 0 Å².